The van der Waals surface area contributed by atoms with Crippen LogP contribution in [-0.4, -0.2) is 0 Å². The molecule has 16 heavy (non-hydrogen) atoms. The van der Waals surface area contributed by atoms with Crippen molar-refractivity contribution in [3.63, 3.8) is 0 Å². The topological polar surface area (TPSA) is 0 Å². The molecule has 1 rings (SSSR count). The van der Waals surface area contributed by atoms with E-state index in [1.54, 1.807) is 5.56 Å². The van der Waals surface area contributed by atoms with Gasteiger partial charge in [0, 0.05) is 0 Å². The van der Waals surface area contributed by atoms with E-state index in [0.29, 0.717) is 0 Å². The molecule has 0 amide bonds. The Labute approximate surface area is 103 Å². The van der Waals surface area contributed by atoms with E-state index in [2.05, 4.69) is 39.8 Å². The summed E-state index contributed by atoms with van der Waals surface area (Å²) in [4.78, 5) is 0. The summed E-state index contributed by atoms with van der Waals surface area (Å²) in [5.41, 5.74) is 5.83. The van der Waals surface area contributed by atoms with Crippen molar-refractivity contribution in [2.75, 3.05) is 0 Å². The summed E-state index contributed by atoms with van der Waals surface area (Å²) in [7, 11) is 0. The first-order chi connectivity index (χ1) is 7.65. The van der Waals surface area contributed by atoms with Crippen LogP contribution in [-0.2, 0) is 6.42 Å². The Morgan fingerprint density at radius 3 is 1.50 bits per heavy atom. The van der Waals surface area contributed by atoms with Gasteiger partial charge in [0.25, 0.3) is 0 Å². The molecular formula is C16H30. The molecule has 0 heteroatoms. The maximum absolute atomic E-state index is 2.28. The molecule has 0 aliphatic rings. The Morgan fingerprint density at radius 1 is 0.812 bits per heavy atom. The lowest BCUT2D eigenvalue weighted by Crippen LogP contribution is -1.93. The molecule has 0 aliphatic heterocycles. The van der Waals surface area contributed by atoms with Gasteiger partial charge in [-0.1, -0.05) is 58.7 Å². The van der Waals surface area contributed by atoms with Crippen LogP contribution in [0.15, 0.2) is 12.1 Å². The highest BCUT2D eigenvalue weighted by molar-refractivity contribution is 5.37. The normalized spacial score (nSPS) is 8.50. The van der Waals surface area contributed by atoms with Crippen molar-refractivity contribution in [2.45, 2.75) is 68.2 Å². The van der Waals surface area contributed by atoms with Crippen molar-refractivity contribution in [1.29, 1.82) is 0 Å². The second kappa shape index (κ2) is 10.7. The van der Waals surface area contributed by atoms with E-state index >= 15 is 0 Å². The van der Waals surface area contributed by atoms with Crippen molar-refractivity contribution < 1.29 is 0 Å². The van der Waals surface area contributed by atoms with E-state index in [4.69, 9.17) is 0 Å². The van der Waals surface area contributed by atoms with Gasteiger partial charge in [0.15, 0.2) is 0 Å². The van der Waals surface area contributed by atoms with Gasteiger partial charge in [0.2, 0.25) is 0 Å². The maximum atomic E-state index is 2.28. The molecule has 0 saturated heterocycles. The van der Waals surface area contributed by atoms with Gasteiger partial charge in [-0.05, 0) is 43.9 Å². The maximum Gasteiger partial charge on any atom is -0.0276 e. The van der Waals surface area contributed by atoms with Gasteiger partial charge in [-0.3, -0.25) is 0 Å². The van der Waals surface area contributed by atoms with E-state index < -0.39 is 0 Å². The summed E-state index contributed by atoms with van der Waals surface area (Å²) >= 11 is 0. The number of hydrogen-bond donors (Lipinski definition) is 0. The van der Waals surface area contributed by atoms with Gasteiger partial charge in [0.05, 0.1) is 0 Å². The molecule has 0 bridgehead atoms. The molecule has 0 aliphatic carbocycles. The van der Waals surface area contributed by atoms with Crippen LogP contribution in [0.2, 0.25) is 0 Å². The molecule has 0 nitrogen and oxygen atoms in total. The Kier molecular flexibility index (Phi) is 11.8. The smallest absolute Gasteiger partial charge is 0.0276 e. The lowest BCUT2D eigenvalue weighted by molar-refractivity contribution is 0.902. The van der Waals surface area contributed by atoms with Crippen LogP contribution in [0.5, 0.6) is 0 Å². The summed E-state index contributed by atoms with van der Waals surface area (Å²) in [6.45, 7) is 16.8. The van der Waals surface area contributed by atoms with E-state index in [1.807, 2.05) is 27.7 Å². The third kappa shape index (κ3) is 5.95. The average molecular weight is 222 g/mol. The largest absolute Gasteiger partial charge is 0.0683 e. The van der Waals surface area contributed by atoms with Crippen LogP contribution in [0, 0.1) is 20.8 Å². The molecule has 0 aromatic heterocycles. The number of hydrogen-bond acceptors (Lipinski definition) is 0. The first-order valence-corrected chi connectivity index (χ1v) is 6.72. The van der Waals surface area contributed by atoms with Gasteiger partial charge < -0.3 is 0 Å². The molecule has 0 atom stereocenters. The second-order valence-corrected chi connectivity index (χ2v) is 3.63. The standard InChI is InChI=1S/C12H18.2C2H6/c1-5-6-12-10(3)7-9(2)8-11(12)4;2*1-2/h7-8H,5-6H2,1-4H3;2*1-2H3. The molecule has 0 heterocycles. The third-order valence-corrected chi connectivity index (χ3v) is 2.34. The van der Waals surface area contributed by atoms with Crippen LogP contribution in [0.4, 0.5) is 0 Å². The molecular weight excluding hydrogens is 192 g/mol. The predicted molar refractivity (Wildman–Crippen MR) is 77.3 cm³/mol. The summed E-state index contributed by atoms with van der Waals surface area (Å²) in [6.07, 6.45) is 2.46. The highest BCUT2D eigenvalue weighted by Crippen LogP contribution is 2.17. The fourth-order valence-electron chi connectivity index (χ4n) is 1.85. The second-order valence-electron chi connectivity index (χ2n) is 3.63. The van der Waals surface area contributed by atoms with Crippen LogP contribution in [0.1, 0.15) is 63.3 Å². The molecule has 0 spiro atoms. The molecule has 94 valence electrons. The zero-order valence-corrected chi connectivity index (χ0v) is 12.6. The van der Waals surface area contributed by atoms with Crippen molar-refractivity contribution in [2.24, 2.45) is 0 Å². The monoisotopic (exact) mass is 222 g/mol. The van der Waals surface area contributed by atoms with Gasteiger partial charge in [0.1, 0.15) is 0 Å². The van der Waals surface area contributed by atoms with E-state index in [1.165, 1.54) is 29.5 Å². The van der Waals surface area contributed by atoms with Crippen molar-refractivity contribution in [3.8, 4) is 0 Å². The molecule has 0 fully saturated rings. The van der Waals surface area contributed by atoms with Crippen molar-refractivity contribution in [1.82, 2.24) is 0 Å². The summed E-state index contributed by atoms with van der Waals surface area (Å²) in [6, 6.07) is 4.55. The van der Waals surface area contributed by atoms with Crippen LogP contribution >= 0.6 is 0 Å². The molecule has 0 unspecified atom stereocenters. The minimum Gasteiger partial charge on any atom is -0.0683 e. The number of aryl methyl sites for hydroxylation is 3. The zero-order valence-electron chi connectivity index (χ0n) is 12.6. The molecule has 0 saturated carbocycles. The Balaban J connectivity index is 0. The molecule has 0 N–H and O–H groups in total. The van der Waals surface area contributed by atoms with E-state index in [9.17, 15) is 0 Å². The Morgan fingerprint density at radius 2 is 1.19 bits per heavy atom. The number of rotatable bonds is 2. The van der Waals surface area contributed by atoms with Crippen LogP contribution in [0.3, 0.4) is 0 Å². The SMILES string of the molecule is CC.CC.CCCc1c(C)cc(C)cc1C. The first kappa shape index (κ1) is 17.6. The Hall–Kier alpha value is -0.780. The fraction of sp³-hybridized carbons (Fsp3) is 0.625. The fourth-order valence-corrected chi connectivity index (χ4v) is 1.85. The highest BCUT2D eigenvalue weighted by atomic mass is 14.1. The average Bonchev–Trinajstić information content (AvgIpc) is 2.29. The van der Waals surface area contributed by atoms with Crippen LogP contribution in [0.25, 0.3) is 0 Å². The molecule has 1 aromatic carbocycles. The lowest BCUT2D eigenvalue weighted by atomic mass is 9.97. The van der Waals surface area contributed by atoms with Gasteiger partial charge in [-0.15, -0.1) is 0 Å². The van der Waals surface area contributed by atoms with Gasteiger partial charge in [-0.25, -0.2) is 0 Å². The highest BCUT2D eigenvalue weighted by Gasteiger charge is 2.01. The van der Waals surface area contributed by atoms with Gasteiger partial charge >= 0.3 is 0 Å². The minimum atomic E-state index is 1.22. The van der Waals surface area contributed by atoms with Crippen LogP contribution < -0.4 is 0 Å². The van der Waals surface area contributed by atoms with E-state index in [0.717, 1.165) is 0 Å². The predicted octanol–water partition coefficient (Wildman–Crippen LogP) is 5.62. The summed E-state index contributed by atoms with van der Waals surface area (Å²) in [5, 5.41) is 0. The molecule has 1 aromatic rings. The third-order valence-electron chi connectivity index (χ3n) is 2.34. The number of benzene rings is 1. The van der Waals surface area contributed by atoms with E-state index in [-0.39, 0.29) is 0 Å². The zero-order chi connectivity index (χ0) is 13.1. The van der Waals surface area contributed by atoms with Crippen molar-refractivity contribution in [3.05, 3.63) is 34.4 Å². The van der Waals surface area contributed by atoms with Gasteiger partial charge in [-0.2, -0.15) is 0 Å². The molecule has 0 radical (unpaired) electrons. The lowest BCUT2D eigenvalue weighted by Gasteiger charge is -2.09. The van der Waals surface area contributed by atoms with Crippen molar-refractivity contribution >= 4 is 0 Å². The summed E-state index contributed by atoms with van der Waals surface area (Å²) < 4.78 is 0. The Bertz CT molecular complexity index is 248. The first-order valence-electron chi connectivity index (χ1n) is 6.72. The quantitative estimate of drug-likeness (QED) is 0.609. The summed E-state index contributed by atoms with van der Waals surface area (Å²) in [5.74, 6) is 0. The minimum absolute atomic E-state index is 1.22.